The molecule has 3 aromatic rings. The largest absolute Gasteiger partial charge is 0.465 e. The van der Waals surface area contributed by atoms with Crippen LogP contribution < -0.4 is 5.56 Å². The van der Waals surface area contributed by atoms with Crippen LogP contribution in [0.2, 0.25) is 0 Å². The summed E-state index contributed by atoms with van der Waals surface area (Å²) in [6.45, 7) is 1.71. The van der Waals surface area contributed by atoms with E-state index in [0.717, 1.165) is 42.5 Å². The molecule has 3 amide bonds. The Bertz CT molecular complexity index is 1510. The van der Waals surface area contributed by atoms with E-state index in [9.17, 15) is 24.6 Å². The van der Waals surface area contributed by atoms with Gasteiger partial charge in [-0.3, -0.25) is 9.48 Å². The van der Waals surface area contributed by atoms with E-state index in [2.05, 4.69) is 5.10 Å². The number of piperazine rings is 1. The van der Waals surface area contributed by atoms with E-state index in [-0.39, 0.29) is 37.3 Å². The second-order valence-electron chi connectivity index (χ2n) is 12.0. The molecular formula is C31H38N6O5. The summed E-state index contributed by atoms with van der Waals surface area (Å²) in [6, 6.07) is 14.4. The Balaban J connectivity index is 1.23. The van der Waals surface area contributed by atoms with Gasteiger partial charge in [-0.05, 0) is 37.0 Å². The van der Waals surface area contributed by atoms with Crippen molar-refractivity contribution < 1.29 is 19.8 Å². The first kappa shape index (κ1) is 28.0. The number of nitrogens with zero attached hydrogens (tertiary/aromatic N) is 6. The molecule has 2 aromatic heterocycles. The minimum atomic E-state index is -1.14. The average Bonchev–Trinajstić information content (AvgIpc) is 3.65. The van der Waals surface area contributed by atoms with Gasteiger partial charge < -0.3 is 29.5 Å². The lowest BCUT2D eigenvalue weighted by atomic mass is 9.66. The molecule has 0 radical (unpaired) electrons. The number of carbonyl (C=O) groups excluding carboxylic acids is 1. The predicted octanol–water partition coefficient (Wildman–Crippen LogP) is 3.40. The lowest BCUT2D eigenvalue weighted by Crippen LogP contribution is -2.64. The molecular weight excluding hydrogens is 536 g/mol. The van der Waals surface area contributed by atoms with Crippen LogP contribution in [0, 0.1) is 5.41 Å². The molecule has 2 atom stereocenters. The van der Waals surface area contributed by atoms with Gasteiger partial charge in [-0.25, -0.2) is 9.59 Å². The minimum absolute atomic E-state index is 0.125. The Morgan fingerprint density at radius 1 is 1.00 bits per heavy atom. The summed E-state index contributed by atoms with van der Waals surface area (Å²) in [7, 11) is 1.83. The van der Waals surface area contributed by atoms with Gasteiger partial charge in [0.2, 0.25) is 0 Å². The van der Waals surface area contributed by atoms with Crippen molar-refractivity contribution in [2.24, 2.45) is 12.5 Å². The Hall–Kier alpha value is -4.12. The number of aliphatic hydroxyl groups is 1. The van der Waals surface area contributed by atoms with Gasteiger partial charge in [0, 0.05) is 69.2 Å². The maximum atomic E-state index is 14.1. The number of hydrogen-bond donors (Lipinski definition) is 2. The Labute approximate surface area is 244 Å². The maximum Gasteiger partial charge on any atom is 0.407 e. The van der Waals surface area contributed by atoms with Crippen molar-refractivity contribution in [1.82, 2.24) is 29.0 Å². The fraction of sp³-hybridized carbons (Fsp3) is 0.484. The summed E-state index contributed by atoms with van der Waals surface area (Å²) in [5.41, 5.74) is 0.668. The molecule has 11 nitrogen and oxygen atoms in total. The number of urea groups is 1. The van der Waals surface area contributed by atoms with Crippen LogP contribution in [0.25, 0.3) is 11.3 Å². The minimum Gasteiger partial charge on any atom is -0.465 e. The van der Waals surface area contributed by atoms with E-state index >= 15 is 0 Å². The molecule has 4 heterocycles. The molecule has 1 spiro atoms. The number of hydrogen-bond acceptors (Lipinski definition) is 5. The van der Waals surface area contributed by atoms with Crippen LogP contribution in [0.15, 0.2) is 65.7 Å². The number of aromatic nitrogens is 3. The summed E-state index contributed by atoms with van der Waals surface area (Å²) in [5.74, 6) is 0. The number of benzene rings is 1. The third-order valence-electron chi connectivity index (χ3n) is 9.73. The maximum absolute atomic E-state index is 14.1. The SMILES string of the molecule is Cn1nccc1-c1ccn(C[C@]2(O)CCN(C(=O)N3CCN(C(=O)O)C[C@H]3c3ccccc3)CC23CCCC3)c(=O)c1. The summed E-state index contributed by atoms with van der Waals surface area (Å²) >= 11 is 0. The van der Waals surface area contributed by atoms with Crippen LogP contribution >= 0.6 is 0 Å². The lowest BCUT2D eigenvalue weighted by Gasteiger charge is -2.53. The molecule has 0 unspecified atom stereocenters. The number of pyridine rings is 1. The molecule has 2 saturated heterocycles. The zero-order valence-corrected chi connectivity index (χ0v) is 23.9. The van der Waals surface area contributed by atoms with Gasteiger partial charge in [0.15, 0.2) is 0 Å². The Morgan fingerprint density at radius 3 is 2.43 bits per heavy atom. The molecule has 0 bridgehead atoms. The number of amides is 3. The van der Waals surface area contributed by atoms with Crippen molar-refractivity contribution in [3.8, 4) is 11.3 Å². The summed E-state index contributed by atoms with van der Waals surface area (Å²) in [5, 5.41) is 26.1. The second-order valence-corrected chi connectivity index (χ2v) is 12.0. The van der Waals surface area contributed by atoms with E-state index in [4.69, 9.17) is 0 Å². The standard InChI is InChI=1S/C31H38N6O5/c1-33-25(9-14-32-33)24-10-15-35(27(38)19-24)22-31(42)13-16-36(21-30(31)11-5-6-12-30)28(39)37-18-17-34(29(40)41)20-26(37)23-7-3-2-4-8-23/h2-4,7-10,14-15,19,26,42H,5-6,11-13,16-18,20-22H2,1H3,(H,40,41)/t26-,31+/m0/s1. The number of aryl methyl sites for hydroxylation is 1. The van der Waals surface area contributed by atoms with Crippen molar-refractivity contribution in [3.05, 3.63) is 76.8 Å². The molecule has 1 saturated carbocycles. The highest BCUT2D eigenvalue weighted by atomic mass is 16.4. The van der Waals surface area contributed by atoms with Crippen molar-refractivity contribution in [2.75, 3.05) is 32.7 Å². The molecule has 42 heavy (non-hydrogen) atoms. The third-order valence-corrected chi connectivity index (χ3v) is 9.73. The average molecular weight is 575 g/mol. The summed E-state index contributed by atoms with van der Waals surface area (Å²) in [4.78, 5) is 44.1. The van der Waals surface area contributed by atoms with Crippen molar-refractivity contribution >= 4 is 12.1 Å². The van der Waals surface area contributed by atoms with E-state index < -0.39 is 17.1 Å². The smallest absolute Gasteiger partial charge is 0.407 e. The van der Waals surface area contributed by atoms with Crippen LogP contribution in [-0.4, -0.2) is 89.7 Å². The molecule has 3 aliphatic rings. The van der Waals surface area contributed by atoms with Crippen molar-refractivity contribution in [2.45, 2.75) is 50.3 Å². The van der Waals surface area contributed by atoms with Crippen molar-refractivity contribution in [3.63, 3.8) is 0 Å². The Kier molecular flexibility index (Phi) is 7.30. The molecule has 1 aliphatic carbocycles. The quantitative estimate of drug-likeness (QED) is 0.492. The van der Waals surface area contributed by atoms with E-state index in [1.165, 1.54) is 4.90 Å². The molecule has 2 N–H and O–H groups in total. The number of likely N-dealkylation sites (tertiary alicyclic amines) is 1. The fourth-order valence-corrected chi connectivity index (χ4v) is 7.33. The lowest BCUT2D eigenvalue weighted by molar-refractivity contribution is -0.137. The first-order chi connectivity index (χ1) is 20.2. The second kappa shape index (κ2) is 10.9. The van der Waals surface area contributed by atoms with Gasteiger partial charge in [-0.2, -0.15) is 5.10 Å². The highest BCUT2D eigenvalue weighted by Crippen LogP contribution is 2.52. The van der Waals surface area contributed by atoms with Gasteiger partial charge >= 0.3 is 12.1 Å². The first-order valence-electron chi connectivity index (χ1n) is 14.7. The molecule has 3 fully saturated rings. The Morgan fingerprint density at radius 2 is 1.76 bits per heavy atom. The monoisotopic (exact) mass is 574 g/mol. The van der Waals surface area contributed by atoms with Crippen LogP contribution in [-0.2, 0) is 13.6 Å². The topological polar surface area (TPSA) is 124 Å². The van der Waals surface area contributed by atoms with E-state index in [1.54, 1.807) is 32.6 Å². The number of carbonyl (C=O) groups is 2. The summed E-state index contributed by atoms with van der Waals surface area (Å²) < 4.78 is 3.31. The molecule has 6 rings (SSSR count). The normalized spacial score (nSPS) is 23.9. The zero-order valence-electron chi connectivity index (χ0n) is 23.9. The number of rotatable bonds is 4. The predicted molar refractivity (Wildman–Crippen MR) is 156 cm³/mol. The van der Waals surface area contributed by atoms with Gasteiger partial charge in [-0.1, -0.05) is 43.2 Å². The zero-order chi connectivity index (χ0) is 29.5. The molecule has 11 heteroatoms. The molecule has 2 aliphatic heterocycles. The number of carboxylic acid groups (broad SMARTS) is 1. The van der Waals surface area contributed by atoms with Crippen molar-refractivity contribution in [1.29, 1.82) is 0 Å². The van der Waals surface area contributed by atoms with Gasteiger partial charge in [-0.15, -0.1) is 0 Å². The highest BCUT2D eigenvalue weighted by molar-refractivity contribution is 5.76. The fourth-order valence-electron chi connectivity index (χ4n) is 7.33. The van der Waals surface area contributed by atoms with Crippen LogP contribution in [0.3, 0.4) is 0 Å². The van der Waals surface area contributed by atoms with Gasteiger partial charge in [0.05, 0.1) is 23.9 Å². The third kappa shape index (κ3) is 4.95. The summed E-state index contributed by atoms with van der Waals surface area (Å²) in [6.07, 6.45) is 6.30. The van der Waals surface area contributed by atoms with Crippen LogP contribution in [0.4, 0.5) is 9.59 Å². The van der Waals surface area contributed by atoms with E-state index in [0.29, 0.717) is 26.1 Å². The van der Waals surface area contributed by atoms with Crippen LogP contribution in [0.5, 0.6) is 0 Å². The van der Waals surface area contributed by atoms with Gasteiger partial charge in [0.1, 0.15) is 0 Å². The molecule has 1 aromatic carbocycles. The highest BCUT2D eigenvalue weighted by Gasteiger charge is 2.56. The first-order valence-corrected chi connectivity index (χ1v) is 14.7. The van der Waals surface area contributed by atoms with Gasteiger partial charge in [0.25, 0.3) is 5.56 Å². The van der Waals surface area contributed by atoms with E-state index in [1.807, 2.05) is 54.4 Å². The number of piperidine rings is 1. The molecule has 222 valence electrons. The van der Waals surface area contributed by atoms with Crippen LogP contribution in [0.1, 0.15) is 43.7 Å².